The highest BCUT2D eigenvalue weighted by atomic mass is 35.5. The fraction of sp³-hybridized carbons (Fsp3) is 0.414. The number of aromatic nitrogens is 4. The Morgan fingerprint density at radius 2 is 1.75 bits per heavy atom. The van der Waals surface area contributed by atoms with Crippen LogP contribution in [0.1, 0.15) is 84.9 Å². The minimum atomic E-state index is -0.991. The number of carbonyl (C=O) groups is 1. The van der Waals surface area contributed by atoms with Crippen LogP contribution in [0.25, 0.3) is 22.6 Å². The second kappa shape index (κ2) is 9.68. The SMILES string of the molecule is O=C(O)c1cccc(-c2noc(C34CCC(OCc5c(-c6c(Cl)cncc6Cl)noc5C5CC5)(CC3)CC4)n2)c1. The molecule has 0 atom stereocenters. The molecule has 8 rings (SSSR count). The number of hydrogen-bond donors (Lipinski definition) is 1. The summed E-state index contributed by atoms with van der Waals surface area (Å²) in [5, 5.41) is 18.7. The van der Waals surface area contributed by atoms with Crippen LogP contribution in [-0.2, 0) is 16.8 Å². The van der Waals surface area contributed by atoms with Crippen molar-refractivity contribution in [3.8, 4) is 22.6 Å². The van der Waals surface area contributed by atoms with Crippen LogP contribution >= 0.6 is 23.2 Å². The van der Waals surface area contributed by atoms with Crippen molar-refractivity contribution in [1.29, 1.82) is 0 Å². The van der Waals surface area contributed by atoms with Crippen LogP contribution in [0, 0.1) is 0 Å². The lowest BCUT2D eigenvalue weighted by molar-refractivity contribution is -0.130. The largest absolute Gasteiger partial charge is 0.478 e. The van der Waals surface area contributed by atoms with Crippen LogP contribution in [0.5, 0.6) is 0 Å². The Morgan fingerprint density at radius 1 is 1.02 bits per heavy atom. The molecule has 40 heavy (non-hydrogen) atoms. The van der Waals surface area contributed by atoms with Gasteiger partial charge in [0.2, 0.25) is 11.7 Å². The van der Waals surface area contributed by atoms with Crippen molar-refractivity contribution in [1.82, 2.24) is 20.3 Å². The first-order valence-electron chi connectivity index (χ1n) is 13.5. The molecule has 4 aliphatic carbocycles. The van der Waals surface area contributed by atoms with Gasteiger partial charge in [0.25, 0.3) is 0 Å². The first-order valence-corrected chi connectivity index (χ1v) is 14.2. The molecule has 0 saturated heterocycles. The zero-order valence-electron chi connectivity index (χ0n) is 21.5. The summed E-state index contributed by atoms with van der Waals surface area (Å²) >= 11 is 12.9. The van der Waals surface area contributed by atoms with Crippen molar-refractivity contribution in [3.05, 3.63) is 69.5 Å². The smallest absolute Gasteiger partial charge is 0.335 e. The fourth-order valence-electron chi connectivity index (χ4n) is 6.22. The summed E-state index contributed by atoms with van der Waals surface area (Å²) in [4.78, 5) is 20.2. The van der Waals surface area contributed by atoms with E-state index in [4.69, 9.17) is 42.0 Å². The maximum Gasteiger partial charge on any atom is 0.335 e. The van der Waals surface area contributed by atoms with Gasteiger partial charge in [0.15, 0.2) is 0 Å². The number of nitrogens with zero attached hydrogens (tertiary/aromatic N) is 4. The summed E-state index contributed by atoms with van der Waals surface area (Å²) in [7, 11) is 0. The first-order chi connectivity index (χ1) is 19.4. The average molecular weight is 581 g/mol. The molecular weight excluding hydrogens is 555 g/mol. The van der Waals surface area contributed by atoms with Gasteiger partial charge >= 0.3 is 5.97 Å². The zero-order valence-corrected chi connectivity index (χ0v) is 23.0. The number of rotatable bonds is 8. The highest BCUT2D eigenvalue weighted by molar-refractivity contribution is 6.38. The molecular formula is C29H26Cl2N4O5. The lowest BCUT2D eigenvalue weighted by Crippen LogP contribution is -2.49. The minimum Gasteiger partial charge on any atom is -0.478 e. The van der Waals surface area contributed by atoms with Gasteiger partial charge in [-0.2, -0.15) is 4.98 Å². The van der Waals surface area contributed by atoms with Crippen LogP contribution in [0.2, 0.25) is 10.0 Å². The number of benzene rings is 1. The first kappa shape index (κ1) is 25.7. The molecule has 3 heterocycles. The van der Waals surface area contributed by atoms with Crippen LogP contribution in [-0.4, -0.2) is 37.0 Å². The van der Waals surface area contributed by atoms with E-state index in [9.17, 15) is 9.90 Å². The third-order valence-corrected chi connectivity index (χ3v) is 9.38. The predicted octanol–water partition coefficient (Wildman–Crippen LogP) is 7.23. The molecule has 0 spiro atoms. The van der Waals surface area contributed by atoms with Crippen molar-refractivity contribution >= 4 is 29.2 Å². The van der Waals surface area contributed by atoms with Crippen LogP contribution in [0.15, 0.2) is 45.7 Å². The number of halogens is 2. The normalized spacial score (nSPS) is 23.9. The molecule has 4 saturated carbocycles. The van der Waals surface area contributed by atoms with Crippen molar-refractivity contribution < 1.29 is 23.7 Å². The van der Waals surface area contributed by atoms with E-state index < -0.39 is 5.97 Å². The molecule has 206 valence electrons. The average Bonchev–Trinajstić information content (AvgIpc) is 3.53. The van der Waals surface area contributed by atoms with E-state index in [0.29, 0.717) is 51.1 Å². The highest BCUT2D eigenvalue weighted by Gasteiger charge is 2.53. The van der Waals surface area contributed by atoms with Gasteiger partial charge in [-0.25, -0.2) is 4.79 Å². The summed E-state index contributed by atoms with van der Waals surface area (Å²) in [6.07, 6.45) is 10.5. The van der Waals surface area contributed by atoms with E-state index in [0.717, 1.165) is 62.7 Å². The van der Waals surface area contributed by atoms with Crippen LogP contribution in [0.3, 0.4) is 0 Å². The van der Waals surface area contributed by atoms with E-state index in [2.05, 4.69) is 15.3 Å². The van der Waals surface area contributed by atoms with Gasteiger partial charge in [0.1, 0.15) is 11.5 Å². The van der Waals surface area contributed by atoms with Crippen molar-refractivity contribution in [2.45, 2.75) is 74.9 Å². The van der Waals surface area contributed by atoms with Gasteiger partial charge in [-0.05, 0) is 63.5 Å². The van der Waals surface area contributed by atoms with Gasteiger partial charge in [0, 0.05) is 35.0 Å². The van der Waals surface area contributed by atoms with Gasteiger partial charge in [-0.15, -0.1) is 0 Å². The number of hydrogen-bond acceptors (Lipinski definition) is 8. The second-order valence-electron chi connectivity index (χ2n) is 11.2. The Bertz CT molecular complexity index is 1570. The molecule has 0 amide bonds. The number of pyridine rings is 1. The quantitative estimate of drug-likeness (QED) is 0.229. The third kappa shape index (κ3) is 4.40. The molecule has 4 fully saturated rings. The highest BCUT2D eigenvalue weighted by Crippen LogP contribution is 2.55. The Labute approximate surface area is 239 Å². The molecule has 0 aliphatic heterocycles. The number of ether oxygens (including phenoxy) is 1. The molecule has 0 radical (unpaired) electrons. The van der Waals surface area contributed by atoms with E-state index in [1.54, 1.807) is 36.7 Å². The van der Waals surface area contributed by atoms with Gasteiger partial charge < -0.3 is 18.9 Å². The van der Waals surface area contributed by atoms with Crippen molar-refractivity contribution in [3.63, 3.8) is 0 Å². The number of carboxylic acids is 1. The van der Waals surface area contributed by atoms with Crippen molar-refractivity contribution in [2.24, 2.45) is 0 Å². The van der Waals surface area contributed by atoms with Gasteiger partial charge in [-0.3, -0.25) is 4.98 Å². The molecule has 1 aromatic carbocycles. The maximum absolute atomic E-state index is 11.4. The van der Waals surface area contributed by atoms with Crippen molar-refractivity contribution in [2.75, 3.05) is 0 Å². The summed E-state index contributed by atoms with van der Waals surface area (Å²) in [6.45, 7) is 0.372. The Hall–Kier alpha value is -3.27. The summed E-state index contributed by atoms with van der Waals surface area (Å²) < 4.78 is 18.3. The molecule has 0 unspecified atom stereocenters. The number of carboxylic acid groups (broad SMARTS) is 1. The lowest BCUT2D eigenvalue weighted by Gasteiger charge is -2.51. The summed E-state index contributed by atoms with van der Waals surface area (Å²) in [6, 6.07) is 6.59. The minimum absolute atomic E-state index is 0.188. The molecule has 11 heteroatoms. The zero-order chi connectivity index (χ0) is 27.5. The summed E-state index contributed by atoms with van der Waals surface area (Å²) in [5.41, 5.74) is 2.54. The number of aromatic carboxylic acids is 1. The third-order valence-electron chi connectivity index (χ3n) is 8.80. The van der Waals surface area contributed by atoms with E-state index in [-0.39, 0.29) is 16.6 Å². The van der Waals surface area contributed by atoms with E-state index in [1.807, 2.05) is 0 Å². The Morgan fingerprint density at radius 3 is 2.42 bits per heavy atom. The predicted molar refractivity (Wildman–Crippen MR) is 145 cm³/mol. The summed E-state index contributed by atoms with van der Waals surface area (Å²) in [5.74, 6) is 1.25. The van der Waals surface area contributed by atoms with E-state index >= 15 is 0 Å². The standard InChI is InChI=1S/C29H26Cl2N4O5/c30-20-13-32-14-21(31)22(20)23-19(24(39-34-23)16-4-5-16)15-38-29-9-6-28(7-10-29,8-11-29)27-33-25(35-40-27)17-2-1-3-18(12-17)26(36)37/h1-3,12-14,16H,4-11,15H2,(H,36,37). The van der Waals surface area contributed by atoms with E-state index in [1.165, 1.54) is 0 Å². The Balaban J connectivity index is 1.09. The van der Waals surface area contributed by atoms with Gasteiger partial charge in [0.05, 0.1) is 33.2 Å². The maximum atomic E-state index is 11.4. The molecule has 3 aromatic heterocycles. The molecule has 1 N–H and O–H groups in total. The molecule has 4 aliphatic rings. The second-order valence-corrected chi connectivity index (χ2v) is 12.0. The molecule has 9 nitrogen and oxygen atoms in total. The van der Waals surface area contributed by atoms with Crippen LogP contribution in [0.4, 0.5) is 0 Å². The Kier molecular flexibility index (Phi) is 6.21. The number of fused-ring (bicyclic) bond motifs is 3. The fourth-order valence-corrected chi connectivity index (χ4v) is 6.77. The topological polar surface area (TPSA) is 124 Å². The molecule has 4 aromatic rings. The molecule has 2 bridgehead atoms. The van der Waals surface area contributed by atoms with Gasteiger partial charge in [-0.1, -0.05) is 45.6 Å². The lowest BCUT2D eigenvalue weighted by atomic mass is 9.58. The monoisotopic (exact) mass is 580 g/mol. The van der Waals surface area contributed by atoms with Crippen LogP contribution < -0.4 is 0 Å².